The molecule has 0 aliphatic heterocycles. The molecule has 1 aromatic rings. The number of thiol groups is 1. The number of rotatable bonds is 6. The molecule has 1 aromatic carbocycles. The van der Waals surface area contributed by atoms with Gasteiger partial charge in [0.25, 0.3) is 0 Å². The van der Waals surface area contributed by atoms with Gasteiger partial charge in [0.1, 0.15) is 6.10 Å². The molecular weight excluding hydrogens is 258 g/mol. The highest BCUT2D eigenvalue weighted by molar-refractivity contribution is 7.80. The molecule has 0 fully saturated rings. The molecule has 19 heavy (non-hydrogen) atoms. The molecule has 0 saturated heterocycles. The number of hydrogen-bond acceptors (Lipinski definition) is 4. The Morgan fingerprint density at radius 2 is 1.74 bits per heavy atom. The van der Waals surface area contributed by atoms with Crippen molar-refractivity contribution in [3.8, 4) is 0 Å². The predicted octanol–water partition coefficient (Wildman–Crippen LogP) is 2.29. The maximum Gasteiger partial charge on any atom is 0.105 e. The van der Waals surface area contributed by atoms with Gasteiger partial charge in [-0.05, 0) is 44.1 Å². The Labute approximate surface area is 121 Å². The van der Waals surface area contributed by atoms with Crippen molar-refractivity contribution in [1.29, 1.82) is 0 Å². The van der Waals surface area contributed by atoms with Crippen LogP contribution in [-0.4, -0.2) is 27.6 Å². The summed E-state index contributed by atoms with van der Waals surface area (Å²) in [6, 6.07) is 7.69. The van der Waals surface area contributed by atoms with Crippen molar-refractivity contribution >= 4 is 12.6 Å². The molecule has 3 nitrogen and oxygen atoms in total. The second-order valence-corrected chi connectivity index (χ2v) is 6.32. The second kappa shape index (κ2) is 7.29. The SMILES string of the molecule is CC(C)(C)NCc1ccc(C(O)C(O)CCS)cc1. The van der Waals surface area contributed by atoms with Crippen LogP contribution in [0.2, 0.25) is 0 Å². The van der Waals surface area contributed by atoms with Crippen LogP contribution in [0.4, 0.5) is 0 Å². The Balaban J connectivity index is 2.60. The van der Waals surface area contributed by atoms with Crippen LogP contribution in [0.15, 0.2) is 24.3 Å². The minimum Gasteiger partial charge on any atom is -0.390 e. The fourth-order valence-electron chi connectivity index (χ4n) is 1.71. The zero-order valence-corrected chi connectivity index (χ0v) is 12.8. The van der Waals surface area contributed by atoms with Crippen molar-refractivity contribution in [3.63, 3.8) is 0 Å². The summed E-state index contributed by atoms with van der Waals surface area (Å²) < 4.78 is 0. The maximum atomic E-state index is 9.97. The standard InChI is InChI=1S/C15H25NO2S/c1-15(2,3)16-10-11-4-6-12(7-5-11)14(18)13(17)8-9-19/h4-7,13-14,16-19H,8-10H2,1-3H3. The summed E-state index contributed by atoms with van der Waals surface area (Å²) in [4.78, 5) is 0. The van der Waals surface area contributed by atoms with Crippen LogP contribution >= 0.6 is 12.6 Å². The molecule has 2 unspecified atom stereocenters. The lowest BCUT2D eigenvalue weighted by molar-refractivity contribution is 0.0172. The zero-order chi connectivity index (χ0) is 14.5. The highest BCUT2D eigenvalue weighted by Crippen LogP contribution is 2.20. The number of benzene rings is 1. The average Bonchev–Trinajstić information content (AvgIpc) is 2.35. The molecule has 108 valence electrons. The summed E-state index contributed by atoms with van der Waals surface area (Å²) in [7, 11) is 0. The maximum absolute atomic E-state index is 9.97. The van der Waals surface area contributed by atoms with E-state index in [0.717, 1.165) is 17.7 Å². The largest absolute Gasteiger partial charge is 0.390 e. The molecule has 0 spiro atoms. The van der Waals surface area contributed by atoms with Gasteiger partial charge in [-0.15, -0.1) is 0 Å². The predicted molar refractivity (Wildman–Crippen MR) is 82.5 cm³/mol. The minimum absolute atomic E-state index is 0.0843. The molecule has 0 saturated carbocycles. The first-order valence-corrected chi connectivity index (χ1v) is 7.27. The number of hydrogen-bond donors (Lipinski definition) is 4. The highest BCUT2D eigenvalue weighted by atomic mass is 32.1. The Kier molecular flexibility index (Phi) is 6.33. The van der Waals surface area contributed by atoms with Gasteiger partial charge in [-0.1, -0.05) is 24.3 Å². The summed E-state index contributed by atoms with van der Waals surface area (Å²) in [6.45, 7) is 7.16. The molecule has 0 aliphatic rings. The zero-order valence-electron chi connectivity index (χ0n) is 11.9. The van der Waals surface area contributed by atoms with Crippen molar-refractivity contribution in [2.24, 2.45) is 0 Å². The van der Waals surface area contributed by atoms with E-state index in [1.54, 1.807) is 0 Å². The van der Waals surface area contributed by atoms with E-state index in [0.29, 0.717) is 12.2 Å². The van der Waals surface area contributed by atoms with E-state index in [-0.39, 0.29) is 5.54 Å². The third-order valence-corrected chi connectivity index (χ3v) is 3.19. The molecule has 0 heterocycles. The Hall–Kier alpha value is -0.550. The second-order valence-electron chi connectivity index (χ2n) is 5.87. The van der Waals surface area contributed by atoms with E-state index < -0.39 is 12.2 Å². The van der Waals surface area contributed by atoms with Gasteiger partial charge >= 0.3 is 0 Å². The van der Waals surface area contributed by atoms with E-state index in [9.17, 15) is 10.2 Å². The van der Waals surface area contributed by atoms with E-state index in [1.165, 1.54) is 0 Å². The molecule has 3 N–H and O–H groups in total. The Morgan fingerprint density at radius 3 is 2.21 bits per heavy atom. The Morgan fingerprint density at radius 1 is 1.16 bits per heavy atom. The molecule has 2 atom stereocenters. The van der Waals surface area contributed by atoms with Crippen molar-refractivity contribution in [2.45, 2.75) is 51.5 Å². The lowest BCUT2D eigenvalue weighted by atomic mass is 10.0. The minimum atomic E-state index is -0.836. The van der Waals surface area contributed by atoms with Gasteiger partial charge in [0.15, 0.2) is 0 Å². The molecule has 1 rings (SSSR count). The number of aliphatic hydroxyl groups is 2. The van der Waals surface area contributed by atoms with Crippen LogP contribution in [0, 0.1) is 0 Å². The van der Waals surface area contributed by atoms with Gasteiger partial charge in [-0.3, -0.25) is 0 Å². The van der Waals surface area contributed by atoms with Crippen LogP contribution in [0.1, 0.15) is 44.4 Å². The third-order valence-electron chi connectivity index (χ3n) is 2.93. The summed E-state index contributed by atoms with van der Waals surface area (Å²) in [5, 5.41) is 23.1. The van der Waals surface area contributed by atoms with Crippen LogP contribution in [0.3, 0.4) is 0 Å². The van der Waals surface area contributed by atoms with Gasteiger partial charge in [-0.25, -0.2) is 0 Å². The number of nitrogens with one attached hydrogen (secondary N) is 1. The van der Waals surface area contributed by atoms with Crippen LogP contribution in [0.5, 0.6) is 0 Å². The normalized spacial score (nSPS) is 15.3. The molecule has 0 aromatic heterocycles. The van der Waals surface area contributed by atoms with E-state index in [4.69, 9.17) is 0 Å². The molecule has 0 radical (unpaired) electrons. The number of aliphatic hydroxyl groups excluding tert-OH is 2. The third kappa shape index (κ3) is 5.95. The average molecular weight is 283 g/mol. The Bertz CT molecular complexity index is 373. The quantitative estimate of drug-likeness (QED) is 0.606. The van der Waals surface area contributed by atoms with E-state index >= 15 is 0 Å². The van der Waals surface area contributed by atoms with Gasteiger partial charge in [0.05, 0.1) is 6.10 Å². The van der Waals surface area contributed by atoms with Gasteiger partial charge < -0.3 is 15.5 Å². The van der Waals surface area contributed by atoms with E-state index in [2.05, 4.69) is 38.7 Å². The van der Waals surface area contributed by atoms with Crippen molar-refractivity contribution in [3.05, 3.63) is 35.4 Å². The topological polar surface area (TPSA) is 52.5 Å². The molecule has 0 aliphatic carbocycles. The fraction of sp³-hybridized carbons (Fsp3) is 0.600. The smallest absolute Gasteiger partial charge is 0.105 e. The molecular formula is C15H25NO2S. The van der Waals surface area contributed by atoms with Crippen LogP contribution < -0.4 is 5.32 Å². The first-order chi connectivity index (χ1) is 8.83. The first kappa shape index (κ1) is 16.5. The lowest BCUT2D eigenvalue weighted by Gasteiger charge is -2.21. The molecule has 0 bridgehead atoms. The summed E-state index contributed by atoms with van der Waals surface area (Å²) in [5.74, 6) is 0.561. The van der Waals surface area contributed by atoms with Crippen molar-refractivity contribution < 1.29 is 10.2 Å². The molecule has 0 amide bonds. The summed E-state index contributed by atoms with van der Waals surface area (Å²) in [5.41, 5.74) is 1.99. The summed E-state index contributed by atoms with van der Waals surface area (Å²) in [6.07, 6.45) is -1.11. The monoisotopic (exact) mass is 283 g/mol. The van der Waals surface area contributed by atoms with Crippen LogP contribution in [-0.2, 0) is 6.54 Å². The van der Waals surface area contributed by atoms with Gasteiger partial charge in [0, 0.05) is 12.1 Å². The van der Waals surface area contributed by atoms with E-state index in [1.807, 2.05) is 24.3 Å². The van der Waals surface area contributed by atoms with Crippen molar-refractivity contribution in [1.82, 2.24) is 5.32 Å². The molecule has 4 heteroatoms. The highest BCUT2D eigenvalue weighted by Gasteiger charge is 2.17. The van der Waals surface area contributed by atoms with Crippen molar-refractivity contribution in [2.75, 3.05) is 5.75 Å². The van der Waals surface area contributed by atoms with Crippen LogP contribution in [0.25, 0.3) is 0 Å². The van der Waals surface area contributed by atoms with Gasteiger partial charge in [-0.2, -0.15) is 12.6 Å². The first-order valence-electron chi connectivity index (χ1n) is 6.64. The summed E-state index contributed by atoms with van der Waals surface area (Å²) >= 11 is 4.06. The lowest BCUT2D eigenvalue weighted by Crippen LogP contribution is -2.35. The van der Waals surface area contributed by atoms with Gasteiger partial charge in [0.2, 0.25) is 0 Å². The fourth-order valence-corrected chi connectivity index (χ4v) is 1.98.